The molecule has 1 aliphatic rings. The Balaban J connectivity index is 1.65. The number of H-pyrrole nitrogens is 1. The number of fused-ring (bicyclic) bond motifs is 1. The molecule has 0 aliphatic heterocycles. The van der Waals surface area contributed by atoms with Crippen LogP contribution in [0.2, 0.25) is 0 Å². The van der Waals surface area contributed by atoms with E-state index in [1.54, 1.807) is 0 Å². The molecule has 0 saturated heterocycles. The normalized spacial score (nSPS) is 24.3. The highest BCUT2D eigenvalue weighted by molar-refractivity contribution is 5.77. The summed E-state index contributed by atoms with van der Waals surface area (Å²) >= 11 is 0. The molecule has 1 aromatic heterocycles. The number of nitrogens with zero attached hydrogens (tertiary/aromatic N) is 1. The summed E-state index contributed by atoms with van der Waals surface area (Å²) < 4.78 is 0. The Kier molecular flexibility index (Phi) is 2.29. The zero-order valence-corrected chi connectivity index (χ0v) is 8.98. The summed E-state index contributed by atoms with van der Waals surface area (Å²) in [7, 11) is 0. The van der Waals surface area contributed by atoms with Crippen LogP contribution in [0, 0.1) is 5.92 Å². The van der Waals surface area contributed by atoms with Crippen molar-refractivity contribution in [3.63, 3.8) is 0 Å². The number of nitrogens with one attached hydrogen (secondary N) is 2. The predicted molar refractivity (Wildman–Crippen MR) is 63.3 cm³/mol. The summed E-state index contributed by atoms with van der Waals surface area (Å²) in [6, 6.07) is 7.98. The van der Waals surface area contributed by atoms with E-state index in [0.29, 0.717) is 5.92 Å². The van der Waals surface area contributed by atoms with Gasteiger partial charge in [-0.1, -0.05) is 12.1 Å². The van der Waals surface area contributed by atoms with Crippen LogP contribution in [0.5, 0.6) is 0 Å². The lowest BCUT2D eigenvalue weighted by atomic mass is 9.82. The fraction of sp³-hybridized carbons (Fsp3) is 0.417. The molecule has 3 rings (SSSR count). The number of hydrogen-bond acceptors (Lipinski definition) is 3. The van der Waals surface area contributed by atoms with E-state index < -0.39 is 0 Å². The molecule has 2 aromatic rings. The minimum absolute atomic E-state index is 0.0810. The SMILES string of the molecule is OC1CC(CNc2nc3ccccc3[nH]2)C1. The molecular formula is C12H15N3O. The van der Waals surface area contributed by atoms with Crippen molar-refractivity contribution in [2.75, 3.05) is 11.9 Å². The van der Waals surface area contributed by atoms with E-state index in [0.717, 1.165) is 36.4 Å². The Hall–Kier alpha value is -1.55. The van der Waals surface area contributed by atoms with Crippen LogP contribution in [0.4, 0.5) is 5.95 Å². The van der Waals surface area contributed by atoms with Crippen LogP contribution in [0.25, 0.3) is 11.0 Å². The van der Waals surface area contributed by atoms with E-state index in [1.165, 1.54) is 0 Å². The zero-order valence-electron chi connectivity index (χ0n) is 8.98. The highest BCUT2D eigenvalue weighted by Crippen LogP contribution is 2.27. The van der Waals surface area contributed by atoms with E-state index in [4.69, 9.17) is 0 Å². The molecule has 1 aromatic carbocycles. The molecule has 1 saturated carbocycles. The Bertz CT molecular complexity index is 455. The van der Waals surface area contributed by atoms with Crippen molar-refractivity contribution >= 4 is 17.0 Å². The van der Waals surface area contributed by atoms with Crippen molar-refractivity contribution < 1.29 is 5.11 Å². The van der Waals surface area contributed by atoms with Gasteiger partial charge in [0.05, 0.1) is 17.1 Å². The number of hydrogen-bond donors (Lipinski definition) is 3. The largest absolute Gasteiger partial charge is 0.393 e. The quantitative estimate of drug-likeness (QED) is 0.734. The fourth-order valence-electron chi connectivity index (χ4n) is 2.14. The molecule has 0 atom stereocenters. The Labute approximate surface area is 93.7 Å². The third kappa shape index (κ3) is 1.76. The maximum atomic E-state index is 9.18. The van der Waals surface area contributed by atoms with Gasteiger partial charge in [-0.2, -0.15) is 0 Å². The summed E-state index contributed by atoms with van der Waals surface area (Å²) in [5.41, 5.74) is 2.04. The van der Waals surface area contributed by atoms with Crippen molar-refractivity contribution in [3.05, 3.63) is 24.3 Å². The molecule has 0 unspecified atom stereocenters. The van der Waals surface area contributed by atoms with Crippen LogP contribution in [0.15, 0.2) is 24.3 Å². The maximum absolute atomic E-state index is 9.18. The van der Waals surface area contributed by atoms with E-state index in [9.17, 15) is 5.11 Å². The lowest BCUT2D eigenvalue weighted by molar-refractivity contribution is 0.0486. The minimum Gasteiger partial charge on any atom is -0.393 e. The van der Waals surface area contributed by atoms with Crippen molar-refractivity contribution in [2.45, 2.75) is 18.9 Å². The predicted octanol–water partition coefficient (Wildman–Crippen LogP) is 1.75. The third-order valence-corrected chi connectivity index (χ3v) is 3.16. The minimum atomic E-state index is -0.0810. The van der Waals surface area contributed by atoms with Gasteiger partial charge in [-0.3, -0.25) is 0 Å². The topological polar surface area (TPSA) is 60.9 Å². The molecule has 1 fully saturated rings. The molecule has 16 heavy (non-hydrogen) atoms. The van der Waals surface area contributed by atoms with Gasteiger partial charge in [0.2, 0.25) is 5.95 Å². The first-order valence-corrected chi connectivity index (χ1v) is 5.68. The van der Waals surface area contributed by atoms with Crippen molar-refractivity contribution in [1.82, 2.24) is 9.97 Å². The van der Waals surface area contributed by atoms with E-state index in [2.05, 4.69) is 15.3 Å². The fourth-order valence-corrected chi connectivity index (χ4v) is 2.14. The second-order valence-corrected chi connectivity index (χ2v) is 4.47. The van der Waals surface area contributed by atoms with Gasteiger partial charge in [0, 0.05) is 6.54 Å². The first-order valence-electron chi connectivity index (χ1n) is 5.68. The molecule has 3 N–H and O–H groups in total. The van der Waals surface area contributed by atoms with E-state index in [1.807, 2.05) is 24.3 Å². The van der Waals surface area contributed by atoms with Crippen LogP contribution >= 0.6 is 0 Å². The number of imidazole rings is 1. The molecule has 1 heterocycles. The number of aromatic nitrogens is 2. The van der Waals surface area contributed by atoms with Crippen LogP contribution in [-0.2, 0) is 0 Å². The van der Waals surface area contributed by atoms with E-state index in [-0.39, 0.29) is 6.10 Å². The van der Waals surface area contributed by atoms with Gasteiger partial charge in [0.1, 0.15) is 0 Å². The molecular weight excluding hydrogens is 202 g/mol. The molecule has 0 bridgehead atoms. The summed E-state index contributed by atoms with van der Waals surface area (Å²) in [5.74, 6) is 1.41. The lowest BCUT2D eigenvalue weighted by Crippen LogP contribution is -2.33. The number of rotatable bonds is 3. The Morgan fingerprint density at radius 2 is 2.19 bits per heavy atom. The molecule has 4 heteroatoms. The standard InChI is InChI=1S/C12H15N3O/c16-9-5-8(6-9)7-13-12-14-10-3-1-2-4-11(10)15-12/h1-4,8-9,16H,5-7H2,(H2,13,14,15). The monoisotopic (exact) mass is 217 g/mol. The Morgan fingerprint density at radius 1 is 1.38 bits per heavy atom. The van der Waals surface area contributed by atoms with Crippen molar-refractivity contribution in [3.8, 4) is 0 Å². The van der Waals surface area contributed by atoms with Gasteiger partial charge >= 0.3 is 0 Å². The van der Waals surface area contributed by atoms with Gasteiger partial charge in [0.25, 0.3) is 0 Å². The number of aliphatic hydroxyl groups excluding tert-OH is 1. The first-order chi connectivity index (χ1) is 7.81. The molecule has 84 valence electrons. The van der Waals surface area contributed by atoms with Crippen LogP contribution < -0.4 is 5.32 Å². The smallest absolute Gasteiger partial charge is 0.201 e. The average molecular weight is 217 g/mol. The molecule has 0 spiro atoms. The van der Waals surface area contributed by atoms with Gasteiger partial charge in [0.15, 0.2) is 0 Å². The van der Waals surface area contributed by atoms with Gasteiger partial charge in [-0.25, -0.2) is 4.98 Å². The number of aliphatic hydroxyl groups is 1. The second kappa shape index (κ2) is 3.79. The van der Waals surface area contributed by atoms with Crippen LogP contribution in [0.3, 0.4) is 0 Å². The number of benzene rings is 1. The van der Waals surface area contributed by atoms with Gasteiger partial charge in [-0.15, -0.1) is 0 Å². The average Bonchev–Trinajstić information content (AvgIpc) is 2.65. The number of anilines is 1. The number of aromatic amines is 1. The molecule has 1 aliphatic carbocycles. The zero-order chi connectivity index (χ0) is 11.0. The summed E-state index contributed by atoms with van der Waals surface area (Å²) in [5, 5.41) is 12.5. The first kappa shape index (κ1) is 9.66. The number of para-hydroxylation sites is 2. The van der Waals surface area contributed by atoms with Gasteiger partial charge < -0.3 is 15.4 Å². The van der Waals surface area contributed by atoms with Crippen molar-refractivity contribution in [1.29, 1.82) is 0 Å². The molecule has 4 nitrogen and oxygen atoms in total. The molecule has 0 amide bonds. The maximum Gasteiger partial charge on any atom is 0.201 e. The lowest BCUT2D eigenvalue weighted by Gasteiger charge is -2.31. The summed E-state index contributed by atoms with van der Waals surface area (Å²) in [4.78, 5) is 7.66. The van der Waals surface area contributed by atoms with Crippen LogP contribution in [0.1, 0.15) is 12.8 Å². The highest BCUT2D eigenvalue weighted by atomic mass is 16.3. The van der Waals surface area contributed by atoms with Crippen molar-refractivity contribution in [2.24, 2.45) is 5.92 Å². The molecule has 0 radical (unpaired) electrons. The summed E-state index contributed by atoms with van der Waals surface area (Å²) in [6.07, 6.45) is 1.74. The van der Waals surface area contributed by atoms with Gasteiger partial charge in [-0.05, 0) is 30.9 Å². The second-order valence-electron chi connectivity index (χ2n) is 4.47. The highest BCUT2D eigenvalue weighted by Gasteiger charge is 2.26. The third-order valence-electron chi connectivity index (χ3n) is 3.16. The van der Waals surface area contributed by atoms with E-state index >= 15 is 0 Å². The van der Waals surface area contributed by atoms with Crippen LogP contribution in [-0.4, -0.2) is 27.7 Å². The Morgan fingerprint density at radius 3 is 2.94 bits per heavy atom. The summed E-state index contributed by atoms with van der Waals surface area (Å²) in [6.45, 7) is 0.886.